The predicted molar refractivity (Wildman–Crippen MR) is 86.9 cm³/mol. The Bertz CT molecular complexity index is 581. The van der Waals surface area contributed by atoms with Crippen LogP contribution in [0.1, 0.15) is 55.7 Å². The molecule has 21 heavy (non-hydrogen) atoms. The summed E-state index contributed by atoms with van der Waals surface area (Å²) in [5.74, 6) is 0. The molecule has 0 saturated carbocycles. The van der Waals surface area contributed by atoms with Crippen LogP contribution in [0, 0.1) is 13.8 Å². The molecular weight excluding hydrogens is 260 g/mol. The molecule has 1 aromatic heterocycles. The van der Waals surface area contributed by atoms with Crippen LogP contribution in [0.15, 0.2) is 18.2 Å². The Kier molecular flexibility index (Phi) is 5.12. The number of hydrogen-bond acceptors (Lipinski definition) is 3. The van der Waals surface area contributed by atoms with Gasteiger partial charge in [0.05, 0.1) is 17.4 Å². The maximum absolute atomic E-state index is 4.46. The van der Waals surface area contributed by atoms with E-state index in [0.717, 1.165) is 30.8 Å². The molecule has 4 heteroatoms. The summed E-state index contributed by atoms with van der Waals surface area (Å²) in [6.45, 7) is 11.7. The average molecular weight is 286 g/mol. The molecule has 4 nitrogen and oxygen atoms in total. The number of benzene rings is 1. The van der Waals surface area contributed by atoms with E-state index >= 15 is 0 Å². The smallest absolute Gasteiger partial charge is 0.103 e. The van der Waals surface area contributed by atoms with Crippen molar-refractivity contribution in [2.45, 2.75) is 53.5 Å². The Balaban J connectivity index is 2.48. The summed E-state index contributed by atoms with van der Waals surface area (Å²) in [5.41, 5.74) is 5.90. The third-order valence-corrected chi connectivity index (χ3v) is 3.77. The molecule has 0 aliphatic heterocycles. The Morgan fingerprint density at radius 1 is 1.10 bits per heavy atom. The van der Waals surface area contributed by atoms with Gasteiger partial charge in [-0.2, -0.15) is 0 Å². The van der Waals surface area contributed by atoms with Gasteiger partial charge in [-0.1, -0.05) is 32.1 Å². The topological polar surface area (TPSA) is 42.7 Å². The monoisotopic (exact) mass is 286 g/mol. The Morgan fingerprint density at radius 2 is 1.76 bits per heavy atom. The Hall–Kier alpha value is -1.68. The van der Waals surface area contributed by atoms with E-state index in [9.17, 15) is 0 Å². The average Bonchev–Trinajstić information content (AvgIpc) is 2.87. The number of nitrogens with zero attached hydrogens (tertiary/aromatic N) is 3. The fraction of sp³-hybridized carbons (Fsp3) is 0.529. The van der Waals surface area contributed by atoms with Gasteiger partial charge in [-0.15, -0.1) is 5.10 Å². The van der Waals surface area contributed by atoms with Crippen LogP contribution in [-0.4, -0.2) is 21.5 Å². The molecule has 1 atom stereocenters. The van der Waals surface area contributed by atoms with E-state index in [1.807, 2.05) is 4.68 Å². The molecule has 0 aliphatic rings. The number of aromatic nitrogens is 3. The maximum Gasteiger partial charge on any atom is 0.103 e. The largest absolute Gasteiger partial charge is 0.309 e. The summed E-state index contributed by atoms with van der Waals surface area (Å²) in [6, 6.07) is 6.79. The van der Waals surface area contributed by atoms with E-state index < -0.39 is 0 Å². The van der Waals surface area contributed by atoms with Crippen molar-refractivity contribution in [1.82, 2.24) is 20.3 Å². The highest BCUT2D eigenvalue weighted by atomic mass is 15.4. The van der Waals surface area contributed by atoms with E-state index in [-0.39, 0.29) is 6.04 Å². The molecule has 1 heterocycles. The normalized spacial score (nSPS) is 12.6. The highest BCUT2D eigenvalue weighted by Gasteiger charge is 2.19. The van der Waals surface area contributed by atoms with Gasteiger partial charge in [0.15, 0.2) is 0 Å². The fourth-order valence-corrected chi connectivity index (χ4v) is 2.88. The van der Waals surface area contributed by atoms with Crippen LogP contribution in [-0.2, 0) is 6.42 Å². The molecule has 0 aliphatic carbocycles. The first-order valence-electron chi connectivity index (χ1n) is 7.87. The molecule has 1 N–H and O–H groups in total. The maximum atomic E-state index is 4.46. The molecule has 1 aromatic carbocycles. The summed E-state index contributed by atoms with van der Waals surface area (Å²) in [4.78, 5) is 0. The summed E-state index contributed by atoms with van der Waals surface area (Å²) in [5, 5.41) is 12.4. The van der Waals surface area contributed by atoms with Crippen LogP contribution in [0.4, 0.5) is 0 Å². The van der Waals surface area contributed by atoms with Crippen LogP contribution in [0.2, 0.25) is 0 Å². The van der Waals surface area contributed by atoms with Crippen molar-refractivity contribution in [2.24, 2.45) is 0 Å². The zero-order chi connectivity index (χ0) is 15.4. The highest BCUT2D eigenvalue weighted by molar-refractivity contribution is 5.40. The van der Waals surface area contributed by atoms with Crippen molar-refractivity contribution in [1.29, 1.82) is 0 Å². The second kappa shape index (κ2) is 6.85. The van der Waals surface area contributed by atoms with Gasteiger partial charge in [0.1, 0.15) is 5.69 Å². The molecule has 2 rings (SSSR count). The number of rotatable bonds is 6. The van der Waals surface area contributed by atoms with Gasteiger partial charge in [-0.05, 0) is 56.5 Å². The van der Waals surface area contributed by atoms with Gasteiger partial charge in [0.25, 0.3) is 0 Å². The summed E-state index contributed by atoms with van der Waals surface area (Å²) >= 11 is 0. The van der Waals surface area contributed by atoms with Gasteiger partial charge in [-0.3, -0.25) is 0 Å². The molecule has 2 aromatic rings. The van der Waals surface area contributed by atoms with Crippen LogP contribution in [0.5, 0.6) is 0 Å². The predicted octanol–water partition coefficient (Wildman–Crippen LogP) is 3.51. The van der Waals surface area contributed by atoms with Crippen LogP contribution in [0.25, 0.3) is 5.69 Å². The minimum Gasteiger partial charge on any atom is -0.309 e. The number of nitrogens with one attached hydrogen (secondary N) is 1. The van der Waals surface area contributed by atoms with Gasteiger partial charge in [0.2, 0.25) is 0 Å². The van der Waals surface area contributed by atoms with Crippen LogP contribution in [0.3, 0.4) is 0 Å². The summed E-state index contributed by atoms with van der Waals surface area (Å²) < 4.78 is 2.00. The first kappa shape index (κ1) is 15.7. The minimum atomic E-state index is 0.282. The van der Waals surface area contributed by atoms with Crippen molar-refractivity contribution in [3.63, 3.8) is 0 Å². The van der Waals surface area contributed by atoms with Crippen molar-refractivity contribution in [2.75, 3.05) is 6.54 Å². The second-order valence-corrected chi connectivity index (χ2v) is 5.55. The third kappa shape index (κ3) is 3.32. The third-order valence-electron chi connectivity index (χ3n) is 3.77. The zero-order valence-corrected chi connectivity index (χ0v) is 13.8. The molecule has 0 saturated heterocycles. The molecule has 0 spiro atoms. The van der Waals surface area contributed by atoms with Crippen molar-refractivity contribution >= 4 is 0 Å². The molecule has 0 bridgehead atoms. The molecule has 1 unspecified atom stereocenters. The zero-order valence-electron chi connectivity index (χ0n) is 13.8. The van der Waals surface area contributed by atoms with Crippen molar-refractivity contribution in [3.8, 4) is 5.69 Å². The van der Waals surface area contributed by atoms with E-state index in [2.05, 4.69) is 68.4 Å². The molecule has 0 amide bonds. The highest BCUT2D eigenvalue weighted by Crippen LogP contribution is 2.22. The minimum absolute atomic E-state index is 0.282. The Morgan fingerprint density at radius 3 is 2.29 bits per heavy atom. The van der Waals surface area contributed by atoms with Crippen LogP contribution >= 0.6 is 0 Å². The van der Waals surface area contributed by atoms with E-state index in [1.54, 1.807) is 0 Å². The van der Waals surface area contributed by atoms with E-state index in [1.165, 1.54) is 16.8 Å². The lowest BCUT2D eigenvalue weighted by molar-refractivity contribution is 0.520. The quantitative estimate of drug-likeness (QED) is 0.883. The fourth-order valence-electron chi connectivity index (χ4n) is 2.88. The second-order valence-electron chi connectivity index (χ2n) is 5.55. The molecule has 0 fully saturated rings. The van der Waals surface area contributed by atoms with Crippen LogP contribution < -0.4 is 5.32 Å². The molecule has 0 radical (unpaired) electrons. The lowest BCUT2D eigenvalue weighted by Gasteiger charge is -2.15. The van der Waals surface area contributed by atoms with E-state index in [4.69, 9.17) is 0 Å². The van der Waals surface area contributed by atoms with Gasteiger partial charge in [0, 0.05) is 0 Å². The number of aryl methyl sites for hydroxylation is 2. The van der Waals surface area contributed by atoms with E-state index in [0.29, 0.717) is 0 Å². The van der Waals surface area contributed by atoms with Gasteiger partial charge < -0.3 is 5.32 Å². The first-order valence-corrected chi connectivity index (χ1v) is 7.87. The Labute approximate surface area is 127 Å². The van der Waals surface area contributed by atoms with Gasteiger partial charge in [-0.25, -0.2) is 4.68 Å². The summed E-state index contributed by atoms with van der Waals surface area (Å²) in [7, 11) is 0. The van der Waals surface area contributed by atoms with Crippen molar-refractivity contribution < 1.29 is 0 Å². The SMILES string of the molecule is CCNC(CC)c1nnn(-c2cc(C)cc(C)c2)c1CC. The van der Waals surface area contributed by atoms with Crippen molar-refractivity contribution in [3.05, 3.63) is 40.7 Å². The lowest BCUT2D eigenvalue weighted by Crippen LogP contribution is -2.21. The molecule has 114 valence electrons. The summed E-state index contributed by atoms with van der Waals surface area (Å²) in [6.07, 6.45) is 1.95. The van der Waals surface area contributed by atoms with Gasteiger partial charge >= 0.3 is 0 Å². The standard InChI is InChI=1S/C17H26N4/c1-6-15(18-8-3)17-16(7-2)21(20-19-17)14-10-12(4)9-13(5)11-14/h9-11,15,18H,6-8H2,1-5H3. The lowest BCUT2D eigenvalue weighted by atomic mass is 10.1. The molecular formula is C17H26N4. The number of hydrogen-bond donors (Lipinski definition) is 1. The first-order chi connectivity index (χ1) is 10.1.